The van der Waals surface area contributed by atoms with Crippen molar-refractivity contribution < 1.29 is 18.6 Å². The van der Waals surface area contributed by atoms with Crippen LogP contribution in [0.3, 0.4) is 0 Å². The van der Waals surface area contributed by atoms with Gasteiger partial charge in [-0.25, -0.2) is 8.78 Å². The van der Waals surface area contributed by atoms with E-state index in [1.54, 1.807) is 7.11 Å². The van der Waals surface area contributed by atoms with Gasteiger partial charge in [0.1, 0.15) is 0 Å². The molecule has 0 aliphatic rings. The molecule has 0 aliphatic heterocycles. The van der Waals surface area contributed by atoms with E-state index in [1.165, 1.54) is 0 Å². The molecule has 0 spiro atoms. The van der Waals surface area contributed by atoms with E-state index in [9.17, 15) is 8.78 Å². The van der Waals surface area contributed by atoms with Gasteiger partial charge in [-0.15, -0.1) is 0 Å². The Labute approximate surface area is 99.4 Å². The summed E-state index contributed by atoms with van der Waals surface area (Å²) in [6.07, 6.45) is 0. The fraction of sp³-hybridized carbons (Fsp3) is 0.500. The molecule has 96 valence electrons. The Morgan fingerprint density at radius 2 is 1.82 bits per heavy atom. The maximum Gasteiger partial charge on any atom is 0.187 e. The third kappa shape index (κ3) is 3.94. The number of aromatic hydroxyl groups is 1. The summed E-state index contributed by atoms with van der Waals surface area (Å²) >= 11 is 0. The molecule has 1 aromatic rings. The fourth-order valence-electron chi connectivity index (χ4n) is 1.30. The third-order valence-corrected chi connectivity index (χ3v) is 2.51. The van der Waals surface area contributed by atoms with Crippen molar-refractivity contribution in [3.05, 3.63) is 29.3 Å². The molecule has 0 aromatic heterocycles. The van der Waals surface area contributed by atoms with Crippen LogP contribution < -0.4 is 5.32 Å². The number of phenolic OH excluding ortho intramolecular Hbond substituents is 1. The van der Waals surface area contributed by atoms with E-state index in [1.807, 2.05) is 13.8 Å². The van der Waals surface area contributed by atoms with Crippen LogP contribution >= 0.6 is 0 Å². The lowest BCUT2D eigenvalue weighted by atomic mass is 10.1. The van der Waals surface area contributed by atoms with Crippen molar-refractivity contribution in [3.8, 4) is 5.75 Å². The van der Waals surface area contributed by atoms with E-state index >= 15 is 0 Å². The highest BCUT2D eigenvalue weighted by molar-refractivity contribution is 5.29. The molecule has 0 bridgehead atoms. The number of benzene rings is 1. The smallest absolute Gasteiger partial charge is 0.187 e. The van der Waals surface area contributed by atoms with Crippen LogP contribution in [0.15, 0.2) is 12.1 Å². The van der Waals surface area contributed by atoms with Gasteiger partial charge in [0.25, 0.3) is 0 Å². The highest BCUT2D eigenvalue weighted by atomic mass is 19.1. The van der Waals surface area contributed by atoms with Crippen molar-refractivity contribution in [2.75, 3.05) is 13.7 Å². The van der Waals surface area contributed by atoms with E-state index in [0.29, 0.717) is 18.7 Å². The molecule has 17 heavy (non-hydrogen) atoms. The lowest BCUT2D eigenvalue weighted by molar-refractivity contribution is 0.0230. The number of methoxy groups -OCH3 is 1. The first-order valence-electron chi connectivity index (χ1n) is 5.28. The normalized spacial score (nSPS) is 11.8. The van der Waals surface area contributed by atoms with Gasteiger partial charge in [-0.2, -0.15) is 0 Å². The van der Waals surface area contributed by atoms with E-state index < -0.39 is 17.4 Å². The van der Waals surface area contributed by atoms with E-state index in [-0.39, 0.29) is 5.60 Å². The summed E-state index contributed by atoms with van der Waals surface area (Å²) in [4.78, 5) is 0. The molecule has 1 rings (SSSR count). The van der Waals surface area contributed by atoms with Crippen LogP contribution in [0.25, 0.3) is 0 Å². The van der Waals surface area contributed by atoms with Crippen molar-refractivity contribution in [1.82, 2.24) is 5.32 Å². The van der Waals surface area contributed by atoms with Crippen molar-refractivity contribution in [2.24, 2.45) is 0 Å². The predicted octanol–water partition coefficient (Wildman–Crippen LogP) is 2.18. The first-order chi connectivity index (χ1) is 7.85. The highest BCUT2D eigenvalue weighted by Crippen LogP contribution is 2.21. The van der Waals surface area contributed by atoms with Crippen LogP contribution in [0.2, 0.25) is 0 Å². The van der Waals surface area contributed by atoms with Crippen molar-refractivity contribution in [2.45, 2.75) is 26.0 Å². The second-order valence-corrected chi connectivity index (χ2v) is 4.48. The van der Waals surface area contributed by atoms with Crippen molar-refractivity contribution >= 4 is 0 Å². The monoisotopic (exact) mass is 245 g/mol. The summed E-state index contributed by atoms with van der Waals surface area (Å²) in [7, 11) is 1.60. The average Bonchev–Trinajstić information content (AvgIpc) is 2.25. The molecular formula is C12H17F2NO2. The summed E-state index contributed by atoms with van der Waals surface area (Å²) in [5, 5.41) is 12.0. The molecule has 2 N–H and O–H groups in total. The van der Waals surface area contributed by atoms with Gasteiger partial charge in [-0.1, -0.05) is 0 Å². The largest absolute Gasteiger partial charge is 0.503 e. The number of hydrogen-bond donors (Lipinski definition) is 2. The molecule has 0 unspecified atom stereocenters. The first-order valence-corrected chi connectivity index (χ1v) is 5.28. The molecule has 0 atom stereocenters. The average molecular weight is 245 g/mol. The maximum atomic E-state index is 13.0. The lowest BCUT2D eigenvalue weighted by Gasteiger charge is -2.23. The van der Waals surface area contributed by atoms with Gasteiger partial charge in [0.15, 0.2) is 17.4 Å². The Kier molecular flexibility index (Phi) is 4.42. The Balaban J connectivity index is 2.59. The maximum absolute atomic E-state index is 13.0. The fourth-order valence-corrected chi connectivity index (χ4v) is 1.30. The minimum Gasteiger partial charge on any atom is -0.503 e. The Morgan fingerprint density at radius 3 is 2.29 bits per heavy atom. The van der Waals surface area contributed by atoms with Gasteiger partial charge < -0.3 is 15.2 Å². The summed E-state index contributed by atoms with van der Waals surface area (Å²) in [6, 6.07) is 2.20. The van der Waals surface area contributed by atoms with Gasteiger partial charge in [0, 0.05) is 20.2 Å². The van der Waals surface area contributed by atoms with Crippen LogP contribution in [0.1, 0.15) is 19.4 Å². The van der Waals surface area contributed by atoms with Crippen LogP contribution in [0.5, 0.6) is 5.75 Å². The number of ether oxygens (including phenoxy) is 1. The standard InChI is InChI=1S/C12H17F2NO2/c1-12(2,17-3)7-15-6-8-4-9(13)11(16)10(14)5-8/h4-5,15-16H,6-7H2,1-3H3. The summed E-state index contributed by atoms with van der Waals surface area (Å²) < 4.78 is 31.2. The summed E-state index contributed by atoms with van der Waals surface area (Å²) in [5.41, 5.74) is 0.0956. The number of phenols is 1. The molecule has 0 radical (unpaired) electrons. The zero-order chi connectivity index (χ0) is 13.1. The van der Waals surface area contributed by atoms with Crippen LogP contribution in [-0.2, 0) is 11.3 Å². The van der Waals surface area contributed by atoms with E-state index in [0.717, 1.165) is 12.1 Å². The number of halogens is 2. The summed E-state index contributed by atoms with van der Waals surface area (Å²) in [5.74, 6) is -2.84. The minimum atomic E-state index is -0.951. The molecule has 0 saturated heterocycles. The van der Waals surface area contributed by atoms with Crippen LogP contribution in [0.4, 0.5) is 8.78 Å². The SMILES string of the molecule is COC(C)(C)CNCc1cc(F)c(O)c(F)c1. The third-order valence-electron chi connectivity index (χ3n) is 2.51. The van der Waals surface area contributed by atoms with Gasteiger partial charge in [-0.3, -0.25) is 0 Å². The topological polar surface area (TPSA) is 41.5 Å². The second kappa shape index (κ2) is 5.42. The van der Waals surface area contributed by atoms with E-state index in [4.69, 9.17) is 9.84 Å². The van der Waals surface area contributed by atoms with Gasteiger partial charge in [0.05, 0.1) is 5.60 Å². The lowest BCUT2D eigenvalue weighted by Crippen LogP contribution is -2.36. The van der Waals surface area contributed by atoms with Crippen molar-refractivity contribution in [3.63, 3.8) is 0 Å². The highest BCUT2D eigenvalue weighted by Gasteiger charge is 2.15. The number of hydrogen-bond acceptors (Lipinski definition) is 3. The predicted molar refractivity (Wildman–Crippen MR) is 60.8 cm³/mol. The molecule has 5 heteroatoms. The summed E-state index contributed by atoms with van der Waals surface area (Å²) in [6.45, 7) is 4.66. The second-order valence-electron chi connectivity index (χ2n) is 4.48. The molecule has 0 fully saturated rings. The molecule has 0 heterocycles. The quantitative estimate of drug-likeness (QED) is 0.835. The Hall–Kier alpha value is -1.20. The minimum absolute atomic E-state index is 0.306. The molecular weight excluding hydrogens is 228 g/mol. The molecule has 1 aromatic carbocycles. The Morgan fingerprint density at radius 1 is 1.29 bits per heavy atom. The first kappa shape index (κ1) is 13.9. The molecule has 0 amide bonds. The van der Waals surface area contributed by atoms with Gasteiger partial charge >= 0.3 is 0 Å². The van der Waals surface area contributed by atoms with E-state index in [2.05, 4.69) is 5.32 Å². The molecule has 0 saturated carbocycles. The van der Waals surface area contributed by atoms with Crippen molar-refractivity contribution in [1.29, 1.82) is 0 Å². The van der Waals surface area contributed by atoms with Crippen LogP contribution in [-0.4, -0.2) is 24.4 Å². The van der Waals surface area contributed by atoms with Gasteiger partial charge in [-0.05, 0) is 31.5 Å². The zero-order valence-corrected chi connectivity index (χ0v) is 10.2. The molecule has 0 aliphatic carbocycles. The zero-order valence-electron chi connectivity index (χ0n) is 10.2. The van der Waals surface area contributed by atoms with Crippen LogP contribution in [0, 0.1) is 11.6 Å². The Bertz CT molecular complexity index is 371. The number of nitrogens with one attached hydrogen (secondary N) is 1. The molecule has 3 nitrogen and oxygen atoms in total. The van der Waals surface area contributed by atoms with Gasteiger partial charge in [0.2, 0.25) is 0 Å². The number of rotatable bonds is 5.